The predicted molar refractivity (Wildman–Crippen MR) is 106 cm³/mol. The quantitative estimate of drug-likeness (QED) is 0.625. The van der Waals surface area contributed by atoms with Crippen LogP contribution >= 0.6 is 0 Å². The van der Waals surface area contributed by atoms with Crippen molar-refractivity contribution in [1.82, 2.24) is 24.5 Å². The Hall–Kier alpha value is -3.50. The van der Waals surface area contributed by atoms with Gasteiger partial charge in [-0.15, -0.1) is 10.2 Å². The smallest absolute Gasteiger partial charge is 0.353 e. The third-order valence-corrected chi connectivity index (χ3v) is 5.18. The summed E-state index contributed by atoms with van der Waals surface area (Å²) in [5.41, 5.74) is -0.422. The summed E-state index contributed by atoms with van der Waals surface area (Å²) >= 11 is 0. The lowest BCUT2D eigenvalue weighted by Gasteiger charge is -2.35. The van der Waals surface area contributed by atoms with Crippen LogP contribution in [0.5, 0.6) is 0 Å². The number of anilines is 1. The Balaban J connectivity index is 1.32. The summed E-state index contributed by atoms with van der Waals surface area (Å²) in [6.07, 6.45) is -1.69. The molecule has 1 fully saturated rings. The molecule has 162 valence electrons. The van der Waals surface area contributed by atoms with Crippen LogP contribution in [-0.4, -0.2) is 56.6 Å². The topological polar surface area (TPSA) is 83.7 Å². The zero-order chi connectivity index (χ0) is 22.0. The van der Waals surface area contributed by atoms with Crippen LogP contribution in [0.15, 0.2) is 47.5 Å². The molecule has 0 unspecified atom stereocenters. The summed E-state index contributed by atoms with van der Waals surface area (Å²) in [5.74, 6) is 0.332. The lowest BCUT2D eigenvalue weighted by molar-refractivity contribution is -0.137. The fourth-order valence-electron chi connectivity index (χ4n) is 3.45. The Morgan fingerprint density at radius 2 is 1.81 bits per heavy atom. The Morgan fingerprint density at radius 3 is 2.48 bits per heavy atom. The SMILES string of the molecule is O=C(CCc1nnc2ccccn2c1=O)N1CCN(c2ccc(C(F)(F)F)cn2)CC1. The highest BCUT2D eigenvalue weighted by Gasteiger charge is 2.31. The Morgan fingerprint density at radius 1 is 1.03 bits per heavy atom. The van der Waals surface area contributed by atoms with Crippen LogP contribution in [0.3, 0.4) is 0 Å². The molecule has 31 heavy (non-hydrogen) atoms. The summed E-state index contributed by atoms with van der Waals surface area (Å²) in [4.78, 5) is 32.4. The predicted octanol–water partition coefficient (Wildman–Crippen LogP) is 1.78. The minimum absolute atomic E-state index is 0.112. The van der Waals surface area contributed by atoms with E-state index in [1.54, 1.807) is 29.3 Å². The number of amides is 1. The number of fused-ring (bicyclic) bond motifs is 1. The first-order valence-corrected chi connectivity index (χ1v) is 9.72. The molecule has 11 heteroatoms. The van der Waals surface area contributed by atoms with Crippen molar-refractivity contribution in [2.24, 2.45) is 0 Å². The Kier molecular flexibility index (Phi) is 5.57. The summed E-state index contributed by atoms with van der Waals surface area (Å²) in [6, 6.07) is 7.49. The van der Waals surface area contributed by atoms with Gasteiger partial charge in [-0.25, -0.2) is 4.98 Å². The van der Waals surface area contributed by atoms with E-state index in [2.05, 4.69) is 15.2 Å². The van der Waals surface area contributed by atoms with Crippen LogP contribution in [0.2, 0.25) is 0 Å². The van der Waals surface area contributed by atoms with E-state index in [0.717, 1.165) is 12.3 Å². The number of alkyl halides is 3. The highest BCUT2D eigenvalue weighted by Crippen LogP contribution is 2.29. The lowest BCUT2D eigenvalue weighted by atomic mass is 10.2. The zero-order valence-electron chi connectivity index (χ0n) is 16.4. The number of nitrogens with zero attached hydrogens (tertiary/aromatic N) is 6. The Labute approximate surface area is 174 Å². The van der Waals surface area contributed by atoms with E-state index in [4.69, 9.17) is 0 Å². The second-order valence-corrected chi connectivity index (χ2v) is 7.15. The molecule has 1 aliphatic rings. The van der Waals surface area contributed by atoms with Gasteiger partial charge < -0.3 is 9.80 Å². The third-order valence-electron chi connectivity index (χ3n) is 5.18. The van der Waals surface area contributed by atoms with Gasteiger partial charge >= 0.3 is 6.18 Å². The van der Waals surface area contributed by atoms with Gasteiger partial charge in [0.25, 0.3) is 5.56 Å². The van der Waals surface area contributed by atoms with Gasteiger partial charge in [-0.3, -0.25) is 14.0 Å². The van der Waals surface area contributed by atoms with Crippen molar-refractivity contribution < 1.29 is 18.0 Å². The first-order chi connectivity index (χ1) is 14.8. The molecular weight excluding hydrogens is 413 g/mol. The summed E-state index contributed by atoms with van der Waals surface area (Å²) in [7, 11) is 0. The molecule has 1 saturated heterocycles. The molecule has 3 aromatic rings. The second-order valence-electron chi connectivity index (χ2n) is 7.15. The molecule has 4 rings (SSSR count). The van der Waals surface area contributed by atoms with E-state index >= 15 is 0 Å². The van der Waals surface area contributed by atoms with Crippen LogP contribution in [0, 0.1) is 0 Å². The van der Waals surface area contributed by atoms with Crippen LogP contribution in [0.4, 0.5) is 19.0 Å². The number of rotatable bonds is 4. The van der Waals surface area contributed by atoms with Gasteiger partial charge in [0.05, 0.1) is 5.56 Å². The van der Waals surface area contributed by atoms with Crippen molar-refractivity contribution in [2.45, 2.75) is 19.0 Å². The van der Waals surface area contributed by atoms with E-state index in [0.29, 0.717) is 37.6 Å². The van der Waals surface area contributed by atoms with E-state index in [-0.39, 0.29) is 30.0 Å². The Bertz CT molecular complexity index is 1140. The molecule has 0 radical (unpaired) electrons. The minimum atomic E-state index is -4.42. The molecular formula is C20H19F3N6O2. The van der Waals surface area contributed by atoms with E-state index in [1.165, 1.54) is 10.5 Å². The standard InChI is InChI=1S/C20H19F3N6O2/c21-20(22,23)14-4-6-16(24-13-14)27-9-11-28(12-10-27)18(30)7-5-15-19(31)29-8-2-1-3-17(29)26-25-15/h1-4,6,8,13H,5,7,9-12H2. The monoisotopic (exact) mass is 432 g/mol. The second kappa shape index (κ2) is 8.32. The lowest BCUT2D eigenvalue weighted by Crippen LogP contribution is -2.49. The number of piperazine rings is 1. The number of aryl methyl sites for hydroxylation is 1. The van der Waals surface area contributed by atoms with Crippen LogP contribution in [-0.2, 0) is 17.4 Å². The fraction of sp³-hybridized carbons (Fsp3) is 0.350. The number of aromatic nitrogens is 4. The van der Waals surface area contributed by atoms with Crippen molar-refractivity contribution in [3.05, 3.63) is 64.3 Å². The van der Waals surface area contributed by atoms with Gasteiger partial charge in [-0.1, -0.05) is 6.07 Å². The fourth-order valence-corrected chi connectivity index (χ4v) is 3.45. The molecule has 0 saturated carbocycles. The van der Waals surface area contributed by atoms with Crippen molar-refractivity contribution in [3.63, 3.8) is 0 Å². The van der Waals surface area contributed by atoms with Gasteiger partial charge in [0, 0.05) is 51.4 Å². The maximum atomic E-state index is 12.7. The molecule has 0 spiro atoms. The van der Waals surface area contributed by atoms with Gasteiger partial charge in [0.1, 0.15) is 11.5 Å². The summed E-state index contributed by atoms with van der Waals surface area (Å²) in [6.45, 7) is 1.76. The molecule has 0 bridgehead atoms. The normalized spacial score (nSPS) is 14.8. The number of pyridine rings is 2. The molecule has 0 atom stereocenters. The molecule has 1 amide bonds. The van der Waals surface area contributed by atoms with Crippen molar-refractivity contribution in [2.75, 3.05) is 31.1 Å². The molecule has 3 aromatic heterocycles. The van der Waals surface area contributed by atoms with Crippen molar-refractivity contribution >= 4 is 17.4 Å². The van der Waals surface area contributed by atoms with E-state index < -0.39 is 11.7 Å². The molecule has 0 N–H and O–H groups in total. The van der Waals surface area contributed by atoms with E-state index in [1.807, 2.05) is 4.90 Å². The van der Waals surface area contributed by atoms with E-state index in [9.17, 15) is 22.8 Å². The highest BCUT2D eigenvalue weighted by molar-refractivity contribution is 5.76. The average molecular weight is 432 g/mol. The average Bonchev–Trinajstić information content (AvgIpc) is 2.78. The number of hydrogen-bond donors (Lipinski definition) is 0. The molecule has 4 heterocycles. The highest BCUT2D eigenvalue weighted by atomic mass is 19.4. The van der Waals surface area contributed by atoms with Gasteiger partial charge in [-0.2, -0.15) is 13.2 Å². The summed E-state index contributed by atoms with van der Waals surface area (Å²) in [5, 5.41) is 7.95. The first-order valence-electron chi connectivity index (χ1n) is 9.72. The first kappa shape index (κ1) is 20.8. The van der Waals surface area contributed by atoms with Gasteiger partial charge in [0.2, 0.25) is 5.91 Å². The molecule has 8 nitrogen and oxygen atoms in total. The number of hydrogen-bond acceptors (Lipinski definition) is 6. The maximum Gasteiger partial charge on any atom is 0.417 e. The molecule has 0 aliphatic carbocycles. The van der Waals surface area contributed by atoms with Gasteiger partial charge in [-0.05, 0) is 24.3 Å². The van der Waals surface area contributed by atoms with Crippen LogP contribution < -0.4 is 10.5 Å². The molecule has 1 aliphatic heterocycles. The third kappa shape index (κ3) is 4.49. The van der Waals surface area contributed by atoms with Crippen LogP contribution in [0.25, 0.3) is 5.65 Å². The maximum absolute atomic E-state index is 12.7. The largest absolute Gasteiger partial charge is 0.417 e. The number of carbonyl (C=O) groups excluding carboxylic acids is 1. The number of halogens is 3. The van der Waals surface area contributed by atoms with Crippen LogP contribution in [0.1, 0.15) is 17.7 Å². The number of carbonyl (C=O) groups is 1. The molecule has 0 aromatic carbocycles. The van der Waals surface area contributed by atoms with Crippen molar-refractivity contribution in [1.29, 1.82) is 0 Å². The van der Waals surface area contributed by atoms with Gasteiger partial charge in [0.15, 0.2) is 5.65 Å². The zero-order valence-corrected chi connectivity index (χ0v) is 16.4. The minimum Gasteiger partial charge on any atom is -0.353 e. The van der Waals surface area contributed by atoms with Crippen molar-refractivity contribution in [3.8, 4) is 0 Å². The summed E-state index contributed by atoms with van der Waals surface area (Å²) < 4.78 is 39.4.